The van der Waals surface area contributed by atoms with Crippen molar-refractivity contribution in [3.8, 4) is 0 Å². The highest BCUT2D eigenvalue weighted by Crippen LogP contribution is 2.37. The number of nitrogen functional groups attached to an aromatic ring is 1. The quantitative estimate of drug-likeness (QED) is 0.849. The van der Waals surface area contributed by atoms with Gasteiger partial charge in [-0.3, -0.25) is 0 Å². The van der Waals surface area contributed by atoms with Gasteiger partial charge in [0.25, 0.3) is 0 Å². The molecule has 1 aliphatic heterocycles. The van der Waals surface area contributed by atoms with Crippen molar-refractivity contribution in [2.24, 2.45) is 5.92 Å². The standard InChI is InChI=1S/C13H20N4/c14-13-15-8-7-12(16-13)17-9-3-6-11(17)10-4-1-2-5-10/h7-8,10-11H,1-6,9H2,(H2,14,15,16). The molecule has 3 rings (SSSR count). The minimum atomic E-state index is 0.388. The van der Waals surface area contributed by atoms with E-state index < -0.39 is 0 Å². The maximum atomic E-state index is 5.68. The number of aromatic nitrogens is 2. The van der Waals surface area contributed by atoms with Gasteiger partial charge < -0.3 is 10.6 Å². The van der Waals surface area contributed by atoms with Crippen LogP contribution in [0.4, 0.5) is 11.8 Å². The van der Waals surface area contributed by atoms with Gasteiger partial charge in [-0.1, -0.05) is 12.8 Å². The lowest BCUT2D eigenvalue weighted by atomic mass is 9.96. The Bertz CT molecular complexity index is 387. The number of rotatable bonds is 2. The molecule has 92 valence electrons. The molecule has 1 saturated carbocycles. The molecule has 2 N–H and O–H groups in total. The van der Waals surface area contributed by atoms with Crippen molar-refractivity contribution in [2.45, 2.75) is 44.6 Å². The zero-order valence-electron chi connectivity index (χ0n) is 10.2. The Labute approximate surface area is 102 Å². The Hall–Kier alpha value is -1.32. The lowest BCUT2D eigenvalue weighted by molar-refractivity contribution is 0.429. The van der Waals surface area contributed by atoms with Gasteiger partial charge in [-0.25, -0.2) is 4.98 Å². The summed E-state index contributed by atoms with van der Waals surface area (Å²) in [6, 6.07) is 2.68. The summed E-state index contributed by atoms with van der Waals surface area (Å²) < 4.78 is 0. The summed E-state index contributed by atoms with van der Waals surface area (Å²) in [5, 5.41) is 0. The van der Waals surface area contributed by atoms with Gasteiger partial charge in [0.2, 0.25) is 5.95 Å². The van der Waals surface area contributed by atoms with Gasteiger partial charge in [-0.2, -0.15) is 4.98 Å². The van der Waals surface area contributed by atoms with Crippen LogP contribution in [-0.4, -0.2) is 22.6 Å². The molecule has 0 spiro atoms. The summed E-state index contributed by atoms with van der Waals surface area (Å²) in [5.74, 6) is 2.28. The van der Waals surface area contributed by atoms with E-state index in [0.29, 0.717) is 12.0 Å². The van der Waals surface area contributed by atoms with Gasteiger partial charge in [-0.15, -0.1) is 0 Å². The summed E-state index contributed by atoms with van der Waals surface area (Å²) >= 11 is 0. The molecule has 2 fully saturated rings. The first-order valence-electron chi connectivity index (χ1n) is 6.70. The van der Waals surface area contributed by atoms with Crippen molar-refractivity contribution >= 4 is 11.8 Å². The molecule has 0 radical (unpaired) electrons. The highest BCUT2D eigenvalue weighted by atomic mass is 15.2. The van der Waals surface area contributed by atoms with E-state index in [1.165, 1.54) is 38.5 Å². The maximum Gasteiger partial charge on any atom is 0.221 e. The smallest absolute Gasteiger partial charge is 0.221 e. The van der Waals surface area contributed by atoms with E-state index in [9.17, 15) is 0 Å². The number of hydrogen-bond acceptors (Lipinski definition) is 4. The van der Waals surface area contributed by atoms with Crippen LogP contribution in [0.15, 0.2) is 12.3 Å². The Morgan fingerprint density at radius 3 is 2.76 bits per heavy atom. The predicted octanol–water partition coefficient (Wildman–Crippen LogP) is 2.22. The third kappa shape index (κ3) is 2.08. The fourth-order valence-electron chi connectivity index (χ4n) is 3.43. The minimum absolute atomic E-state index is 0.388. The lowest BCUT2D eigenvalue weighted by Crippen LogP contribution is -2.35. The molecule has 1 atom stereocenters. The fraction of sp³-hybridized carbons (Fsp3) is 0.692. The van der Waals surface area contributed by atoms with E-state index in [4.69, 9.17) is 5.73 Å². The van der Waals surface area contributed by atoms with Crippen LogP contribution in [0, 0.1) is 5.92 Å². The van der Waals surface area contributed by atoms with Gasteiger partial charge in [0.1, 0.15) is 5.82 Å². The normalized spacial score (nSPS) is 25.6. The van der Waals surface area contributed by atoms with Crippen LogP contribution in [-0.2, 0) is 0 Å². The summed E-state index contributed by atoms with van der Waals surface area (Å²) in [5.41, 5.74) is 5.68. The molecule has 1 aliphatic carbocycles. The zero-order chi connectivity index (χ0) is 11.7. The van der Waals surface area contributed by atoms with E-state index in [1.807, 2.05) is 6.07 Å². The molecule has 17 heavy (non-hydrogen) atoms. The molecule has 2 aliphatic rings. The van der Waals surface area contributed by atoms with Gasteiger partial charge in [0.05, 0.1) is 0 Å². The molecule has 1 aromatic heterocycles. The Morgan fingerprint density at radius 2 is 2.00 bits per heavy atom. The molecule has 2 heterocycles. The second-order valence-electron chi connectivity index (χ2n) is 5.22. The van der Waals surface area contributed by atoms with E-state index >= 15 is 0 Å². The number of anilines is 2. The second-order valence-corrected chi connectivity index (χ2v) is 5.22. The molecule has 1 saturated heterocycles. The van der Waals surface area contributed by atoms with Crippen LogP contribution in [0.1, 0.15) is 38.5 Å². The predicted molar refractivity (Wildman–Crippen MR) is 68.8 cm³/mol. The highest BCUT2D eigenvalue weighted by molar-refractivity contribution is 5.43. The number of nitrogens with two attached hydrogens (primary N) is 1. The number of hydrogen-bond donors (Lipinski definition) is 1. The molecule has 1 aromatic rings. The van der Waals surface area contributed by atoms with Crippen molar-refractivity contribution in [1.29, 1.82) is 0 Å². The van der Waals surface area contributed by atoms with Gasteiger partial charge in [0.15, 0.2) is 0 Å². The minimum Gasteiger partial charge on any atom is -0.368 e. The monoisotopic (exact) mass is 232 g/mol. The van der Waals surface area contributed by atoms with Gasteiger partial charge in [-0.05, 0) is 37.7 Å². The van der Waals surface area contributed by atoms with Crippen molar-refractivity contribution in [2.75, 3.05) is 17.2 Å². The molecule has 4 heteroatoms. The lowest BCUT2D eigenvalue weighted by Gasteiger charge is -2.30. The first kappa shape index (κ1) is 10.8. The van der Waals surface area contributed by atoms with Crippen LogP contribution in [0.2, 0.25) is 0 Å². The molecule has 0 amide bonds. The first-order chi connectivity index (χ1) is 8.34. The third-order valence-corrected chi connectivity index (χ3v) is 4.20. The maximum absolute atomic E-state index is 5.68. The number of nitrogens with zero attached hydrogens (tertiary/aromatic N) is 3. The molecule has 1 unspecified atom stereocenters. The summed E-state index contributed by atoms with van der Waals surface area (Å²) in [7, 11) is 0. The summed E-state index contributed by atoms with van der Waals surface area (Å²) in [6.45, 7) is 1.12. The molecule has 0 bridgehead atoms. The SMILES string of the molecule is Nc1nccc(N2CCCC2C2CCCC2)n1. The zero-order valence-corrected chi connectivity index (χ0v) is 10.2. The van der Waals surface area contributed by atoms with Gasteiger partial charge in [0, 0.05) is 18.8 Å². The second kappa shape index (κ2) is 4.51. The molecular formula is C13H20N4. The van der Waals surface area contributed by atoms with Crippen LogP contribution in [0.5, 0.6) is 0 Å². The van der Waals surface area contributed by atoms with Crippen LogP contribution >= 0.6 is 0 Å². The largest absolute Gasteiger partial charge is 0.368 e. The Morgan fingerprint density at radius 1 is 1.18 bits per heavy atom. The van der Waals surface area contributed by atoms with Crippen molar-refractivity contribution in [3.05, 3.63) is 12.3 Å². The summed E-state index contributed by atoms with van der Waals surface area (Å²) in [6.07, 6.45) is 9.95. The third-order valence-electron chi connectivity index (χ3n) is 4.20. The van der Waals surface area contributed by atoms with E-state index in [0.717, 1.165) is 18.3 Å². The Balaban J connectivity index is 1.81. The summed E-state index contributed by atoms with van der Waals surface area (Å²) in [4.78, 5) is 10.8. The Kier molecular flexibility index (Phi) is 2.87. The topological polar surface area (TPSA) is 55.0 Å². The fourth-order valence-corrected chi connectivity index (χ4v) is 3.43. The highest BCUT2D eigenvalue weighted by Gasteiger charge is 2.33. The molecule has 4 nitrogen and oxygen atoms in total. The average molecular weight is 232 g/mol. The average Bonchev–Trinajstić information content (AvgIpc) is 3.00. The van der Waals surface area contributed by atoms with E-state index in [2.05, 4.69) is 14.9 Å². The van der Waals surface area contributed by atoms with Gasteiger partial charge >= 0.3 is 0 Å². The van der Waals surface area contributed by atoms with Crippen molar-refractivity contribution < 1.29 is 0 Å². The van der Waals surface area contributed by atoms with E-state index in [1.54, 1.807) is 6.20 Å². The van der Waals surface area contributed by atoms with E-state index in [-0.39, 0.29) is 0 Å². The van der Waals surface area contributed by atoms with Crippen LogP contribution < -0.4 is 10.6 Å². The van der Waals surface area contributed by atoms with Crippen molar-refractivity contribution in [3.63, 3.8) is 0 Å². The van der Waals surface area contributed by atoms with Crippen LogP contribution in [0.25, 0.3) is 0 Å². The van der Waals surface area contributed by atoms with Crippen LogP contribution in [0.3, 0.4) is 0 Å². The van der Waals surface area contributed by atoms with Crippen molar-refractivity contribution in [1.82, 2.24) is 9.97 Å². The first-order valence-corrected chi connectivity index (χ1v) is 6.70. The molecule has 0 aromatic carbocycles. The molecular weight excluding hydrogens is 212 g/mol.